The van der Waals surface area contributed by atoms with Gasteiger partial charge in [-0.05, 0) is 48.7 Å². The zero-order valence-corrected chi connectivity index (χ0v) is 18.4. The first-order valence-corrected chi connectivity index (χ1v) is 11.4. The van der Waals surface area contributed by atoms with Gasteiger partial charge in [0.25, 0.3) is 0 Å². The molecule has 0 atom stereocenters. The number of sulfonamides is 1. The third-order valence-electron chi connectivity index (χ3n) is 5.25. The van der Waals surface area contributed by atoms with Gasteiger partial charge in [0.05, 0.1) is 7.11 Å². The molecule has 0 aliphatic carbocycles. The van der Waals surface area contributed by atoms with Gasteiger partial charge >= 0.3 is 6.61 Å². The van der Waals surface area contributed by atoms with Crippen molar-refractivity contribution in [2.24, 2.45) is 5.92 Å². The highest BCUT2D eigenvalue weighted by Gasteiger charge is 2.33. The number of carbonyl (C=O) groups excluding carboxylic acids is 1. The van der Waals surface area contributed by atoms with Crippen LogP contribution in [-0.4, -0.2) is 45.4 Å². The Morgan fingerprint density at radius 3 is 2.45 bits per heavy atom. The van der Waals surface area contributed by atoms with Gasteiger partial charge in [-0.3, -0.25) is 4.79 Å². The third-order valence-corrected chi connectivity index (χ3v) is 7.16. The molecule has 0 saturated carbocycles. The van der Waals surface area contributed by atoms with Crippen molar-refractivity contribution < 1.29 is 40.2 Å². The summed E-state index contributed by atoms with van der Waals surface area (Å²) in [6, 6.07) is 6.56. The Morgan fingerprint density at radius 2 is 1.82 bits per heavy atom. The topological polar surface area (TPSA) is 84.9 Å². The molecule has 1 amide bonds. The predicted octanol–water partition coefficient (Wildman–Crippen LogP) is 3.29. The second-order valence-corrected chi connectivity index (χ2v) is 9.24. The maximum atomic E-state index is 13.9. The number of rotatable bonds is 8. The number of hydrogen-bond donors (Lipinski definition) is 1. The lowest BCUT2D eigenvalue weighted by Crippen LogP contribution is -2.43. The Morgan fingerprint density at radius 1 is 1.12 bits per heavy atom. The first-order chi connectivity index (χ1) is 15.6. The van der Waals surface area contributed by atoms with Crippen LogP contribution in [0.15, 0.2) is 41.3 Å². The van der Waals surface area contributed by atoms with Crippen LogP contribution in [0.3, 0.4) is 0 Å². The van der Waals surface area contributed by atoms with E-state index in [1.807, 2.05) is 0 Å². The Hall–Kier alpha value is -2.86. The van der Waals surface area contributed by atoms with Crippen molar-refractivity contribution in [2.45, 2.75) is 30.9 Å². The standard InChI is InChI=1S/C21H22F4N2O5S/c1-31-17-5-2-13(10-18(17)32-21(24)25)12-26-20(28)14-6-8-27(9-7-14)33(29,30)19-11-15(22)3-4-16(19)23/h2-5,10-11,14,21H,6-9,12H2,1H3,(H,26,28). The number of ether oxygens (including phenoxy) is 2. The maximum absolute atomic E-state index is 13.9. The lowest BCUT2D eigenvalue weighted by atomic mass is 9.97. The Kier molecular flexibility index (Phi) is 7.80. The normalized spacial score (nSPS) is 15.5. The monoisotopic (exact) mass is 490 g/mol. The molecule has 0 aromatic heterocycles. The molecule has 1 saturated heterocycles. The molecule has 3 rings (SSSR count). The second-order valence-electron chi connectivity index (χ2n) is 7.33. The molecule has 2 aromatic carbocycles. The number of hydrogen-bond acceptors (Lipinski definition) is 5. The van der Waals surface area contributed by atoms with Crippen LogP contribution in [0.25, 0.3) is 0 Å². The predicted molar refractivity (Wildman–Crippen MR) is 109 cm³/mol. The van der Waals surface area contributed by atoms with E-state index in [1.165, 1.54) is 19.2 Å². The van der Waals surface area contributed by atoms with Crippen molar-refractivity contribution in [3.8, 4) is 11.5 Å². The number of carbonyl (C=O) groups is 1. The molecular weight excluding hydrogens is 468 g/mol. The molecule has 12 heteroatoms. The van der Waals surface area contributed by atoms with Crippen molar-refractivity contribution in [1.29, 1.82) is 0 Å². The largest absolute Gasteiger partial charge is 0.493 e. The van der Waals surface area contributed by atoms with E-state index in [1.54, 1.807) is 6.07 Å². The molecular formula is C21H22F4N2O5S. The highest BCUT2D eigenvalue weighted by atomic mass is 32.2. The number of piperidine rings is 1. The molecule has 1 heterocycles. The van der Waals surface area contributed by atoms with Gasteiger partial charge < -0.3 is 14.8 Å². The van der Waals surface area contributed by atoms with Crippen LogP contribution in [0.1, 0.15) is 18.4 Å². The van der Waals surface area contributed by atoms with E-state index in [9.17, 15) is 30.8 Å². The number of nitrogens with one attached hydrogen (secondary N) is 1. The first-order valence-electron chi connectivity index (χ1n) is 9.96. The summed E-state index contributed by atoms with van der Waals surface area (Å²) in [6.07, 6.45) is 0.370. The number of nitrogens with zero attached hydrogens (tertiary/aromatic N) is 1. The van der Waals surface area contributed by atoms with Gasteiger partial charge in [0.15, 0.2) is 11.5 Å². The summed E-state index contributed by atoms with van der Waals surface area (Å²) in [7, 11) is -2.93. The molecule has 0 spiro atoms. The minimum atomic E-state index is -4.24. The van der Waals surface area contributed by atoms with Gasteiger partial charge in [-0.1, -0.05) is 6.07 Å². The zero-order chi connectivity index (χ0) is 24.2. The molecule has 0 bridgehead atoms. The van der Waals surface area contributed by atoms with E-state index in [0.717, 1.165) is 16.4 Å². The van der Waals surface area contributed by atoms with E-state index in [2.05, 4.69) is 10.1 Å². The average Bonchev–Trinajstić information content (AvgIpc) is 2.78. The molecule has 1 aliphatic rings. The molecule has 1 fully saturated rings. The van der Waals surface area contributed by atoms with E-state index in [4.69, 9.17) is 4.74 Å². The zero-order valence-electron chi connectivity index (χ0n) is 17.6. The molecule has 0 radical (unpaired) electrons. The smallest absolute Gasteiger partial charge is 0.387 e. The van der Waals surface area contributed by atoms with E-state index >= 15 is 0 Å². The first kappa shape index (κ1) is 24.8. The Labute approximate surface area is 188 Å². The molecule has 180 valence electrons. The number of alkyl halides is 2. The van der Waals surface area contributed by atoms with Gasteiger partial charge in [0, 0.05) is 25.6 Å². The molecule has 2 aromatic rings. The average molecular weight is 490 g/mol. The quantitative estimate of drug-likeness (QED) is 0.574. The summed E-state index contributed by atoms with van der Waals surface area (Å²) in [6.45, 7) is -3.07. The minimum absolute atomic E-state index is 0.0364. The van der Waals surface area contributed by atoms with Crippen LogP contribution in [0, 0.1) is 17.6 Å². The second kappa shape index (κ2) is 10.4. The van der Waals surface area contributed by atoms with Crippen molar-refractivity contribution in [2.75, 3.05) is 20.2 Å². The third kappa shape index (κ3) is 5.93. The summed E-state index contributed by atoms with van der Waals surface area (Å²) in [5.41, 5.74) is 0.501. The highest BCUT2D eigenvalue weighted by Crippen LogP contribution is 2.30. The fourth-order valence-corrected chi connectivity index (χ4v) is 5.07. The van der Waals surface area contributed by atoms with Crippen LogP contribution >= 0.6 is 0 Å². The molecule has 7 nitrogen and oxygen atoms in total. The van der Waals surface area contributed by atoms with Crippen molar-refractivity contribution in [3.05, 3.63) is 53.6 Å². The number of amides is 1. The summed E-state index contributed by atoms with van der Waals surface area (Å²) >= 11 is 0. The molecule has 0 unspecified atom stereocenters. The van der Waals surface area contributed by atoms with Crippen molar-refractivity contribution in [1.82, 2.24) is 9.62 Å². The molecule has 1 N–H and O–H groups in total. The summed E-state index contributed by atoms with van der Waals surface area (Å²) in [4.78, 5) is 11.8. The fraction of sp³-hybridized carbons (Fsp3) is 0.381. The number of methoxy groups -OCH3 is 1. The number of halogens is 4. The Balaban J connectivity index is 1.58. The molecule has 1 aliphatic heterocycles. The van der Waals surface area contributed by atoms with E-state index in [0.29, 0.717) is 11.6 Å². The van der Waals surface area contributed by atoms with Crippen molar-refractivity contribution in [3.63, 3.8) is 0 Å². The lowest BCUT2D eigenvalue weighted by molar-refractivity contribution is -0.126. The highest BCUT2D eigenvalue weighted by molar-refractivity contribution is 7.89. The summed E-state index contributed by atoms with van der Waals surface area (Å²) in [5.74, 6) is -2.80. The van der Waals surface area contributed by atoms with Gasteiger partial charge in [0.2, 0.25) is 15.9 Å². The Bertz CT molecular complexity index is 1110. The number of benzene rings is 2. The minimum Gasteiger partial charge on any atom is -0.493 e. The summed E-state index contributed by atoms with van der Waals surface area (Å²) < 4.78 is 88.2. The van der Waals surface area contributed by atoms with E-state index in [-0.39, 0.29) is 49.9 Å². The molecule has 33 heavy (non-hydrogen) atoms. The van der Waals surface area contributed by atoms with Crippen molar-refractivity contribution >= 4 is 15.9 Å². The van der Waals surface area contributed by atoms with Crippen LogP contribution in [0.4, 0.5) is 17.6 Å². The SMILES string of the molecule is COc1ccc(CNC(=O)C2CCN(S(=O)(=O)c3cc(F)ccc3F)CC2)cc1OC(F)F. The maximum Gasteiger partial charge on any atom is 0.387 e. The van der Waals surface area contributed by atoms with Gasteiger partial charge in [0.1, 0.15) is 16.5 Å². The van der Waals surface area contributed by atoms with Crippen LogP contribution in [0.2, 0.25) is 0 Å². The van der Waals surface area contributed by atoms with Crippen LogP contribution in [-0.2, 0) is 21.4 Å². The van der Waals surface area contributed by atoms with Gasteiger partial charge in [-0.25, -0.2) is 17.2 Å². The fourth-order valence-electron chi connectivity index (χ4n) is 3.52. The van der Waals surface area contributed by atoms with Gasteiger partial charge in [-0.15, -0.1) is 0 Å². The van der Waals surface area contributed by atoms with Gasteiger partial charge in [-0.2, -0.15) is 13.1 Å². The van der Waals surface area contributed by atoms with E-state index < -0.39 is 39.1 Å². The lowest BCUT2D eigenvalue weighted by Gasteiger charge is -2.30. The summed E-state index contributed by atoms with van der Waals surface area (Å²) in [5, 5.41) is 2.69. The van der Waals surface area contributed by atoms with Crippen LogP contribution in [0.5, 0.6) is 11.5 Å². The van der Waals surface area contributed by atoms with Crippen LogP contribution < -0.4 is 14.8 Å².